The van der Waals surface area contributed by atoms with Crippen LogP contribution in [0.2, 0.25) is 0 Å². The summed E-state index contributed by atoms with van der Waals surface area (Å²) in [6, 6.07) is 8.25. The third-order valence-electron chi connectivity index (χ3n) is 2.53. The molecule has 0 unspecified atom stereocenters. The SMILES string of the molecule is COc1cc(OC)nc(-c2ccc(C(N)=O)cc2)n1. The van der Waals surface area contributed by atoms with E-state index in [0.717, 1.165) is 5.56 Å². The van der Waals surface area contributed by atoms with Crippen LogP contribution >= 0.6 is 0 Å². The third-order valence-corrected chi connectivity index (χ3v) is 2.53. The topological polar surface area (TPSA) is 87.3 Å². The van der Waals surface area contributed by atoms with Gasteiger partial charge in [0, 0.05) is 11.1 Å². The Bertz CT molecular complexity index is 574. The van der Waals surface area contributed by atoms with Gasteiger partial charge in [0.25, 0.3) is 0 Å². The normalized spacial score (nSPS) is 10.0. The summed E-state index contributed by atoms with van der Waals surface area (Å²) in [5.41, 5.74) is 6.35. The second kappa shape index (κ2) is 5.34. The lowest BCUT2D eigenvalue weighted by molar-refractivity contribution is 0.100. The zero-order valence-corrected chi connectivity index (χ0v) is 10.6. The van der Waals surface area contributed by atoms with Gasteiger partial charge in [-0.2, -0.15) is 9.97 Å². The number of carbonyl (C=O) groups excluding carboxylic acids is 1. The molecule has 0 radical (unpaired) electrons. The van der Waals surface area contributed by atoms with Gasteiger partial charge in [0.1, 0.15) is 0 Å². The highest BCUT2D eigenvalue weighted by Gasteiger charge is 2.08. The maximum Gasteiger partial charge on any atom is 0.248 e. The highest BCUT2D eigenvalue weighted by atomic mass is 16.5. The summed E-state index contributed by atoms with van der Waals surface area (Å²) in [5, 5.41) is 0. The van der Waals surface area contributed by atoms with Gasteiger partial charge < -0.3 is 15.2 Å². The first-order valence-corrected chi connectivity index (χ1v) is 5.51. The Labute approximate surface area is 110 Å². The second-order valence-electron chi connectivity index (χ2n) is 3.72. The lowest BCUT2D eigenvalue weighted by Gasteiger charge is -2.06. The van der Waals surface area contributed by atoms with Gasteiger partial charge in [-0.25, -0.2) is 0 Å². The number of hydrogen-bond acceptors (Lipinski definition) is 5. The molecule has 2 aromatic rings. The Kier molecular flexibility index (Phi) is 3.61. The smallest absolute Gasteiger partial charge is 0.248 e. The Hall–Kier alpha value is -2.63. The molecule has 0 aliphatic carbocycles. The molecule has 1 aromatic carbocycles. The predicted molar refractivity (Wildman–Crippen MR) is 69.1 cm³/mol. The minimum Gasteiger partial charge on any atom is -0.481 e. The van der Waals surface area contributed by atoms with E-state index in [1.165, 1.54) is 14.2 Å². The average molecular weight is 259 g/mol. The molecule has 2 rings (SSSR count). The van der Waals surface area contributed by atoms with Crippen LogP contribution in [-0.2, 0) is 0 Å². The highest BCUT2D eigenvalue weighted by molar-refractivity contribution is 5.93. The second-order valence-corrected chi connectivity index (χ2v) is 3.72. The number of ether oxygens (including phenoxy) is 2. The molecule has 0 aliphatic rings. The van der Waals surface area contributed by atoms with Gasteiger partial charge in [0.2, 0.25) is 17.7 Å². The summed E-state index contributed by atoms with van der Waals surface area (Å²) in [5.74, 6) is 0.782. The highest BCUT2D eigenvalue weighted by Crippen LogP contribution is 2.22. The molecule has 0 spiro atoms. The fourth-order valence-electron chi connectivity index (χ4n) is 1.53. The molecular formula is C13H13N3O3. The van der Waals surface area contributed by atoms with Crippen molar-refractivity contribution in [2.75, 3.05) is 14.2 Å². The van der Waals surface area contributed by atoms with E-state index in [0.29, 0.717) is 23.1 Å². The van der Waals surface area contributed by atoms with E-state index in [9.17, 15) is 4.79 Å². The lowest BCUT2D eigenvalue weighted by atomic mass is 10.1. The molecule has 19 heavy (non-hydrogen) atoms. The number of nitrogens with zero attached hydrogens (tertiary/aromatic N) is 2. The Morgan fingerprint density at radius 1 is 1.05 bits per heavy atom. The van der Waals surface area contributed by atoms with Crippen LogP contribution in [0.1, 0.15) is 10.4 Å². The lowest BCUT2D eigenvalue weighted by Crippen LogP contribution is -2.10. The third kappa shape index (κ3) is 2.79. The zero-order valence-electron chi connectivity index (χ0n) is 10.6. The van der Waals surface area contributed by atoms with Crippen LogP contribution in [0.15, 0.2) is 30.3 Å². The molecule has 0 atom stereocenters. The maximum absolute atomic E-state index is 11.0. The molecule has 1 amide bonds. The van der Waals surface area contributed by atoms with Gasteiger partial charge in [-0.15, -0.1) is 0 Å². The first-order chi connectivity index (χ1) is 9.13. The quantitative estimate of drug-likeness (QED) is 0.893. The number of methoxy groups -OCH3 is 2. The molecule has 98 valence electrons. The van der Waals surface area contributed by atoms with Gasteiger partial charge in [0.05, 0.1) is 20.3 Å². The van der Waals surface area contributed by atoms with Crippen molar-refractivity contribution < 1.29 is 14.3 Å². The molecule has 0 fully saturated rings. The first kappa shape index (κ1) is 12.8. The minimum absolute atomic E-state index is 0.404. The molecule has 1 aromatic heterocycles. The Balaban J connectivity index is 2.42. The summed E-state index contributed by atoms with van der Waals surface area (Å²) in [7, 11) is 3.03. The van der Waals surface area contributed by atoms with Crippen LogP contribution in [0.4, 0.5) is 0 Å². The molecular weight excluding hydrogens is 246 g/mol. The van der Waals surface area contributed by atoms with Crippen LogP contribution in [0, 0.1) is 0 Å². The maximum atomic E-state index is 11.0. The monoisotopic (exact) mass is 259 g/mol. The van der Waals surface area contributed by atoms with Crippen molar-refractivity contribution >= 4 is 5.91 Å². The predicted octanol–water partition coefficient (Wildman–Crippen LogP) is 1.26. The van der Waals surface area contributed by atoms with Crippen LogP contribution in [-0.4, -0.2) is 30.1 Å². The van der Waals surface area contributed by atoms with Gasteiger partial charge >= 0.3 is 0 Å². The largest absolute Gasteiger partial charge is 0.481 e. The van der Waals surface area contributed by atoms with Crippen LogP contribution < -0.4 is 15.2 Å². The van der Waals surface area contributed by atoms with E-state index in [1.54, 1.807) is 30.3 Å². The fourth-order valence-corrected chi connectivity index (χ4v) is 1.53. The molecule has 2 N–H and O–H groups in total. The summed E-state index contributed by atoms with van der Waals surface area (Å²) in [4.78, 5) is 19.4. The fraction of sp³-hybridized carbons (Fsp3) is 0.154. The van der Waals surface area contributed by atoms with Crippen molar-refractivity contribution in [2.24, 2.45) is 5.73 Å². The number of nitrogens with two attached hydrogens (primary N) is 1. The van der Waals surface area contributed by atoms with Crippen molar-refractivity contribution in [1.29, 1.82) is 0 Å². The van der Waals surface area contributed by atoms with Crippen molar-refractivity contribution in [3.05, 3.63) is 35.9 Å². The van der Waals surface area contributed by atoms with Gasteiger partial charge in [-0.1, -0.05) is 12.1 Å². The molecule has 6 nitrogen and oxygen atoms in total. The standard InChI is InChI=1S/C13H13N3O3/c1-18-10-7-11(19-2)16-13(15-10)9-5-3-8(4-6-9)12(14)17/h3-7H,1-2H3,(H2,14,17). The summed E-state index contributed by atoms with van der Waals surface area (Å²) < 4.78 is 10.2. The molecule has 6 heteroatoms. The van der Waals surface area contributed by atoms with Crippen LogP contribution in [0.25, 0.3) is 11.4 Å². The van der Waals surface area contributed by atoms with E-state index in [2.05, 4.69) is 9.97 Å². The van der Waals surface area contributed by atoms with Crippen LogP contribution in [0.5, 0.6) is 11.8 Å². The van der Waals surface area contributed by atoms with Gasteiger partial charge in [-0.3, -0.25) is 4.79 Å². The van der Waals surface area contributed by atoms with Crippen LogP contribution in [0.3, 0.4) is 0 Å². The van der Waals surface area contributed by atoms with Crippen molar-refractivity contribution in [3.63, 3.8) is 0 Å². The van der Waals surface area contributed by atoms with E-state index in [1.807, 2.05) is 0 Å². The Morgan fingerprint density at radius 2 is 1.58 bits per heavy atom. The number of amides is 1. The van der Waals surface area contributed by atoms with E-state index < -0.39 is 5.91 Å². The zero-order chi connectivity index (χ0) is 13.8. The molecule has 0 saturated heterocycles. The number of benzene rings is 1. The summed E-state index contributed by atoms with van der Waals surface area (Å²) in [6.45, 7) is 0. The molecule has 1 heterocycles. The van der Waals surface area contributed by atoms with Gasteiger partial charge in [0.15, 0.2) is 5.82 Å². The number of hydrogen-bond donors (Lipinski definition) is 1. The van der Waals surface area contributed by atoms with E-state index >= 15 is 0 Å². The molecule has 0 saturated carbocycles. The number of carbonyl (C=O) groups is 1. The van der Waals surface area contributed by atoms with Crippen molar-refractivity contribution in [1.82, 2.24) is 9.97 Å². The number of rotatable bonds is 4. The molecule has 0 aliphatic heterocycles. The number of primary amides is 1. The number of aromatic nitrogens is 2. The Morgan fingerprint density at radius 3 is 2.00 bits per heavy atom. The van der Waals surface area contributed by atoms with Crippen molar-refractivity contribution in [2.45, 2.75) is 0 Å². The van der Waals surface area contributed by atoms with Gasteiger partial charge in [-0.05, 0) is 12.1 Å². The summed E-state index contributed by atoms with van der Waals surface area (Å²) >= 11 is 0. The average Bonchev–Trinajstić information content (AvgIpc) is 2.46. The minimum atomic E-state index is -0.476. The molecule has 0 bridgehead atoms. The summed E-state index contributed by atoms with van der Waals surface area (Å²) in [6.07, 6.45) is 0. The first-order valence-electron chi connectivity index (χ1n) is 5.51. The van der Waals surface area contributed by atoms with E-state index in [-0.39, 0.29) is 0 Å². The van der Waals surface area contributed by atoms with Crippen molar-refractivity contribution in [3.8, 4) is 23.1 Å². The van der Waals surface area contributed by atoms with E-state index in [4.69, 9.17) is 15.2 Å².